The molecule has 0 amide bonds. The fourth-order valence-corrected chi connectivity index (χ4v) is 2.61. The maximum atomic E-state index is 8.96. The van der Waals surface area contributed by atoms with Crippen molar-refractivity contribution >= 4 is 11.3 Å². The van der Waals surface area contributed by atoms with Gasteiger partial charge in [-0.15, -0.1) is 11.3 Å². The van der Waals surface area contributed by atoms with E-state index in [0.29, 0.717) is 6.04 Å². The average molecular weight is 226 g/mol. The van der Waals surface area contributed by atoms with Crippen molar-refractivity contribution in [2.45, 2.75) is 38.8 Å². The Hall–Kier alpha value is -0.450. The summed E-state index contributed by atoms with van der Waals surface area (Å²) in [5, 5.41) is 13.6. The predicted molar refractivity (Wildman–Crippen MR) is 61.9 cm³/mol. The lowest BCUT2D eigenvalue weighted by Crippen LogP contribution is -2.31. The fourth-order valence-electron chi connectivity index (χ4n) is 1.86. The molecule has 1 heterocycles. The third-order valence-corrected chi connectivity index (χ3v) is 3.75. The van der Waals surface area contributed by atoms with Gasteiger partial charge in [-0.05, 0) is 32.1 Å². The lowest BCUT2D eigenvalue weighted by molar-refractivity contribution is 0.256. The van der Waals surface area contributed by atoms with Gasteiger partial charge in [0, 0.05) is 30.3 Å². The molecule has 1 saturated carbocycles. The summed E-state index contributed by atoms with van der Waals surface area (Å²) in [7, 11) is 0. The zero-order valence-corrected chi connectivity index (χ0v) is 9.89. The van der Waals surface area contributed by atoms with Crippen LogP contribution in [0.3, 0.4) is 0 Å². The van der Waals surface area contributed by atoms with Gasteiger partial charge in [-0.3, -0.25) is 0 Å². The van der Waals surface area contributed by atoms with E-state index in [-0.39, 0.29) is 6.61 Å². The molecule has 15 heavy (non-hydrogen) atoms. The van der Waals surface area contributed by atoms with Crippen molar-refractivity contribution in [2.75, 3.05) is 6.61 Å². The second-order valence-electron chi connectivity index (χ2n) is 4.18. The van der Waals surface area contributed by atoms with Crippen molar-refractivity contribution in [2.24, 2.45) is 5.92 Å². The number of nitrogens with one attached hydrogen (secondary N) is 1. The summed E-state index contributed by atoms with van der Waals surface area (Å²) in [6.07, 6.45) is 5.46. The van der Waals surface area contributed by atoms with E-state index in [1.165, 1.54) is 17.7 Å². The zero-order valence-electron chi connectivity index (χ0n) is 9.07. The van der Waals surface area contributed by atoms with Crippen molar-refractivity contribution in [1.29, 1.82) is 0 Å². The van der Waals surface area contributed by atoms with Crippen LogP contribution in [0.1, 0.15) is 29.1 Å². The van der Waals surface area contributed by atoms with Crippen LogP contribution >= 0.6 is 11.3 Å². The van der Waals surface area contributed by atoms with Crippen LogP contribution in [-0.2, 0) is 6.54 Å². The molecule has 1 aliphatic rings. The Morgan fingerprint density at radius 2 is 2.47 bits per heavy atom. The Labute approximate surface area is 94.5 Å². The maximum absolute atomic E-state index is 8.96. The highest BCUT2D eigenvalue weighted by Crippen LogP contribution is 2.34. The monoisotopic (exact) mass is 226 g/mol. The molecule has 1 aliphatic carbocycles. The van der Waals surface area contributed by atoms with E-state index < -0.39 is 0 Å². The van der Waals surface area contributed by atoms with Gasteiger partial charge in [0.05, 0.1) is 5.01 Å². The summed E-state index contributed by atoms with van der Waals surface area (Å²) >= 11 is 1.74. The highest BCUT2D eigenvalue weighted by molar-refractivity contribution is 7.11. The van der Waals surface area contributed by atoms with Crippen molar-refractivity contribution in [1.82, 2.24) is 10.3 Å². The second kappa shape index (κ2) is 5.05. The standard InChI is InChI=1S/C11H18N2OS/c1-8-12-6-10(15-8)7-13-11(4-5-14)9-2-3-9/h6,9,11,13-14H,2-5,7H2,1H3. The van der Waals surface area contributed by atoms with Crippen LogP contribution in [0.4, 0.5) is 0 Å². The van der Waals surface area contributed by atoms with Crippen LogP contribution in [0.5, 0.6) is 0 Å². The molecule has 1 atom stereocenters. The van der Waals surface area contributed by atoms with Crippen molar-refractivity contribution < 1.29 is 5.11 Å². The summed E-state index contributed by atoms with van der Waals surface area (Å²) in [6, 6.07) is 0.498. The van der Waals surface area contributed by atoms with E-state index in [1.807, 2.05) is 13.1 Å². The smallest absolute Gasteiger partial charge is 0.0897 e. The normalized spacial score (nSPS) is 18.0. The topological polar surface area (TPSA) is 45.2 Å². The molecule has 1 aromatic heterocycles. The molecule has 0 bridgehead atoms. The number of aliphatic hydroxyl groups is 1. The lowest BCUT2D eigenvalue weighted by Gasteiger charge is -2.16. The van der Waals surface area contributed by atoms with E-state index >= 15 is 0 Å². The van der Waals surface area contributed by atoms with Crippen LogP contribution in [-0.4, -0.2) is 22.7 Å². The molecule has 2 rings (SSSR count). The SMILES string of the molecule is Cc1ncc(CNC(CCO)C2CC2)s1. The first-order chi connectivity index (χ1) is 7.29. The third kappa shape index (κ3) is 3.26. The molecule has 1 fully saturated rings. The average Bonchev–Trinajstić information content (AvgIpc) is 2.97. The molecule has 84 valence electrons. The first kappa shape index (κ1) is 11.0. The van der Waals surface area contributed by atoms with Crippen LogP contribution in [0.2, 0.25) is 0 Å². The lowest BCUT2D eigenvalue weighted by atomic mass is 10.1. The molecule has 0 aliphatic heterocycles. The van der Waals surface area contributed by atoms with Gasteiger partial charge in [0.2, 0.25) is 0 Å². The maximum Gasteiger partial charge on any atom is 0.0897 e. The number of rotatable bonds is 6. The zero-order chi connectivity index (χ0) is 10.7. The Bertz CT molecular complexity index is 309. The number of nitrogens with zero attached hydrogens (tertiary/aromatic N) is 1. The number of hydrogen-bond donors (Lipinski definition) is 2. The van der Waals surface area contributed by atoms with Gasteiger partial charge < -0.3 is 10.4 Å². The van der Waals surface area contributed by atoms with Gasteiger partial charge in [-0.25, -0.2) is 4.98 Å². The minimum absolute atomic E-state index is 0.288. The van der Waals surface area contributed by atoms with E-state index in [1.54, 1.807) is 11.3 Å². The number of aromatic nitrogens is 1. The molecular weight excluding hydrogens is 208 g/mol. The Morgan fingerprint density at radius 3 is 3.00 bits per heavy atom. The molecule has 0 spiro atoms. The van der Waals surface area contributed by atoms with Gasteiger partial charge in [-0.1, -0.05) is 0 Å². The highest BCUT2D eigenvalue weighted by Gasteiger charge is 2.30. The van der Waals surface area contributed by atoms with Crippen LogP contribution in [0, 0.1) is 12.8 Å². The molecule has 1 unspecified atom stereocenters. The quantitative estimate of drug-likeness (QED) is 0.776. The van der Waals surface area contributed by atoms with Crippen LogP contribution < -0.4 is 5.32 Å². The first-order valence-corrected chi connectivity index (χ1v) is 6.37. The Balaban J connectivity index is 1.79. The van der Waals surface area contributed by atoms with E-state index in [9.17, 15) is 0 Å². The van der Waals surface area contributed by atoms with Gasteiger partial charge >= 0.3 is 0 Å². The second-order valence-corrected chi connectivity index (χ2v) is 5.50. The fraction of sp³-hybridized carbons (Fsp3) is 0.727. The minimum Gasteiger partial charge on any atom is -0.396 e. The number of aliphatic hydroxyl groups excluding tert-OH is 1. The highest BCUT2D eigenvalue weighted by atomic mass is 32.1. The summed E-state index contributed by atoms with van der Waals surface area (Å²) in [4.78, 5) is 5.52. The third-order valence-electron chi connectivity index (χ3n) is 2.84. The van der Waals surface area contributed by atoms with Gasteiger partial charge in [-0.2, -0.15) is 0 Å². The van der Waals surface area contributed by atoms with Crippen molar-refractivity contribution in [3.8, 4) is 0 Å². The first-order valence-electron chi connectivity index (χ1n) is 5.55. The largest absolute Gasteiger partial charge is 0.396 e. The van der Waals surface area contributed by atoms with Crippen LogP contribution in [0.15, 0.2) is 6.20 Å². The molecule has 0 saturated heterocycles. The van der Waals surface area contributed by atoms with Gasteiger partial charge in [0.25, 0.3) is 0 Å². The molecule has 0 radical (unpaired) electrons. The Kier molecular flexibility index (Phi) is 3.72. The number of thiazole rings is 1. The summed E-state index contributed by atoms with van der Waals surface area (Å²) in [6.45, 7) is 3.21. The summed E-state index contributed by atoms with van der Waals surface area (Å²) in [5.41, 5.74) is 0. The van der Waals surface area contributed by atoms with Gasteiger partial charge in [0.15, 0.2) is 0 Å². The minimum atomic E-state index is 0.288. The molecule has 4 heteroatoms. The molecule has 2 N–H and O–H groups in total. The number of hydrogen-bond acceptors (Lipinski definition) is 4. The van der Waals surface area contributed by atoms with Crippen molar-refractivity contribution in [3.63, 3.8) is 0 Å². The van der Waals surface area contributed by atoms with E-state index in [0.717, 1.165) is 23.9 Å². The van der Waals surface area contributed by atoms with Gasteiger partial charge in [0.1, 0.15) is 0 Å². The summed E-state index contributed by atoms with van der Waals surface area (Å²) in [5.74, 6) is 0.797. The number of aryl methyl sites for hydroxylation is 1. The van der Waals surface area contributed by atoms with E-state index in [4.69, 9.17) is 5.11 Å². The Morgan fingerprint density at radius 1 is 1.67 bits per heavy atom. The molecule has 0 aromatic carbocycles. The molecular formula is C11H18N2OS. The van der Waals surface area contributed by atoms with Crippen LogP contribution in [0.25, 0.3) is 0 Å². The molecule has 1 aromatic rings. The van der Waals surface area contributed by atoms with Crippen molar-refractivity contribution in [3.05, 3.63) is 16.1 Å². The summed E-state index contributed by atoms with van der Waals surface area (Å²) < 4.78 is 0. The predicted octanol–water partition coefficient (Wildman–Crippen LogP) is 1.70. The molecule has 3 nitrogen and oxygen atoms in total. The van der Waals surface area contributed by atoms with E-state index in [2.05, 4.69) is 10.3 Å².